The van der Waals surface area contributed by atoms with Gasteiger partial charge in [0.15, 0.2) is 10.9 Å². The zero-order valence-electron chi connectivity index (χ0n) is 14.9. The molecule has 1 N–H and O–H groups in total. The van der Waals surface area contributed by atoms with Gasteiger partial charge < -0.3 is 9.32 Å². The fraction of sp³-hybridized carbons (Fsp3) is 0.471. The Morgan fingerprint density at radius 3 is 2.79 bits per heavy atom. The van der Waals surface area contributed by atoms with Gasteiger partial charge in [-0.05, 0) is 18.6 Å². The number of thiazole rings is 1. The lowest BCUT2D eigenvalue weighted by atomic mass is 10.3. The first-order chi connectivity index (χ1) is 13.3. The van der Waals surface area contributed by atoms with E-state index < -0.39 is 18.6 Å². The van der Waals surface area contributed by atoms with E-state index in [9.17, 15) is 22.8 Å². The molecule has 0 bridgehead atoms. The number of amides is 2. The Hall–Kier alpha value is -2.40. The van der Waals surface area contributed by atoms with Gasteiger partial charge >= 0.3 is 6.18 Å². The molecule has 0 aromatic carbocycles. The Labute approximate surface area is 163 Å². The third-order valence-electron chi connectivity index (χ3n) is 4.19. The van der Waals surface area contributed by atoms with Crippen molar-refractivity contribution in [3.63, 3.8) is 0 Å². The summed E-state index contributed by atoms with van der Waals surface area (Å²) in [6.45, 7) is 0.204. The van der Waals surface area contributed by atoms with Crippen LogP contribution in [-0.4, -0.2) is 65.5 Å². The standard InChI is InChI=1S/C17H19F3N4O3S/c18-17(19,20)11-23-4-2-5-24(7-6-23)14(25)9-12-10-28-16(21-12)22-15(26)13-3-1-8-27-13/h1,3,8,10H,2,4-7,9,11H2,(H,21,22,26). The Kier molecular flexibility index (Phi) is 6.35. The van der Waals surface area contributed by atoms with Crippen LogP contribution in [0.3, 0.4) is 0 Å². The van der Waals surface area contributed by atoms with E-state index >= 15 is 0 Å². The molecule has 0 spiro atoms. The molecule has 2 aromatic heterocycles. The molecule has 1 saturated heterocycles. The molecular formula is C17H19F3N4O3S. The van der Waals surface area contributed by atoms with Crippen molar-refractivity contribution in [1.29, 1.82) is 0 Å². The van der Waals surface area contributed by atoms with Crippen LogP contribution in [0.5, 0.6) is 0 Å². The monoisotopic (exact) mass is 416 g/mol. The molecule has 1 aliphatic heterocycles. The van der Waals surface area contributed by atoms with Gasteiger partial charge in [-0.25, -0.2) is 4.98 Å². The number of hydrogen-bond acceptors (Lipinski definition) is 6. The quantitative estimate of drug-likeness (QED) is 0.811. The number of alkyl halides is 3. The number of halogens is 3. The highest BCUT2D eigenvalue weighted by Crippen LogP contribution is 2.19. The summed E-state index contributed by atoms with van der Waals surface area (Å²) in [7, 11) is 0. The molecule has 2 aromatic rings. The van der Waals surface area contributed by atoms with Gasteiger partial charge in [-0.1, -0.05) is 0 Å². The number of rotatable bonds is 5. The second-order valence-corrected chi connectivity index (χ2v) is 7.24. The molecule has 1 fully saturated rings. The fourth-order valence-electron chi connectivity index (χ4n) is 2.91. The van der Waals surface area contributed by atoms with Gasteiger partial charge in [0, 0.05) is 31.6 Å². The summed E-state index contributed by atoms with van der Waals surface area (Å²) in [5, 5.41) is 4.61. The average molecular weight is 416 g/mol. The van der Waals surface area contributed by atoms with Crippen LogP contribution in [0, 0.1) is 0 Å². The van der Waals surface area contributed by atoms with Crippen molar-refractivity contribution in [2.24, 2.45) is 0 Å². The summed E-state index contributed by atoms with van der Waals surface area (Å²) in [6, 6.07) is 3.12. The smallest absolute Gasteiger partial charge is 0.401 e. The minimum Gasteiger partial charge on any atom is -0.459 e. The van der Waals surface area contributed by atoms with Crippen LogP contribution in [-0.2, 0) is 11.2 Å². The third-order valence-corrected chi connectivity index (χ3v) is 5.00. The van der Waals surface area contributed by atoms with Crippen molar-refractivity contribution in [2.45, 2.75) is 19.0 Å². The maximum Gasteiger partial charge on any atom is 0.401 e. The molecule has 0 aliphatic carbocycles. The molecular weight excluding hydrogens is 397 g/mol. The first-order valence-electron chi connectivity index (χ1n) is 8.66. The van der Waals surface area contributed by atoms with Crippen LogP contribution >= 0.6 is 11.3 Å². The van der Waals surface area contributed by atoms with Crippen LogP contribution in [0.4, 0.5) is 18.3 Å². The predicted molar refractivity (Wildman–Crippen MR) is 96.2 cm³/mol. The summed E-state index contributed by atoms with van der Waals surface area (Å²) in [5.41, 5.74) is 0.501. The number of aromatic nitrogens is 1. The lowest BCUT2D eigenvalue weighted by Crippen LogP contribution is -2.39. The first kappa shape index (κ1) is 20.3. The number of nitrogens with zero attached hydrogens (tertiary/aromatic N) is 3. The van der Waals surface area contributed by atoms with Crippen LogP contribution in [0.2, 0.25) is 0 Å². The zero-order valence-corrected chi connectivity index (χ0v) is 15.7. The summed E-state index contributed by atoms with van der Waals surface area (Å²) in [4.78, 5) is 31.5. The summed E-state index contributed by atoms with van der Waals surface area (Å²) in [6.07, 6.45) is -2.33. The van der Waals surface area contributed by atoms with Gasteiger partial charge in [0.05, 0.1) is 24.9 Å². The Bertz CT molecular complexity index is 807. The maximum absolute atomic E-state index is 12.5. The van der Waals surface area contributed by atoms with Crippen molar-refractivity contribution in [3.8, 4) is 0 Å². The number of carbonyl (C=O) groups excluding carboxylic acids is 2. The molecule has 0 atom stereocenters. The number of anilines is 1. The molecule has 0 saturated carbocycles. The highest BCUT2D eigenvalue weighted by Gasteiger charge is 2.31. The van der Waals surface area contributed by atoms with Crippen molar-refractivity contribution in [2.75, 3.05) is 38.0 Å². The largest absolute Gasteiger partial charge is 0.459 e. The van der Waals surface area contributed by atoms with Gasteiger partial charge in [-0.3, -0.25) is 19.8 Å². The molecule has 3 rings (SSSR count). The van der Waals surface area contributed by atoms with E-state index in [-0.39, 0.29) is 31.2 Å². The number of carbonyl (C=O) groups is 2. The second kappa shape index (κ2) is 8.74. The Balaban J connectivity index is 1.51. The van der Waals surface area contributed by atoms with Crippen LogP contribution in [0.25, 0.3) is 0 Å². The highest BCUT2D eigenvalue weighted by atomic mass is 32.1. The molecule has 0 unspecified atom stereocenters. The van der Waals surface area contributed by atoms with Gasteiger partial charge in [0.1, 0.15) is 0 Å². The van der Waals surface area contributed by atoms with E-state index in [2.05, 4.69) is 10.3 Å². The van der Waals surface area contributed by atoms with E-state index in [1.165, 1.54) is 28.6 Å². The summed E-state index contributed by atoms with van der Waals surface area (Å²) >= 11 is 1.19. The molecule has 11 heteroatoms. The van der Waals surface area contributed by atoms with E-state index in [0.29, 0.717) is 30.3 Å². The molecule has 152 valence electrons. The van der Waals surface area contributed by atoms with Crippen LogP contribution < -0.4 is 5.32 Å². The molecule has 0 radical (unpaired) electrons. The fourth-order valence-corrected chi connectivity index (χ4v) is 3.62. The number of nitrogens with one attached hydrogen (secondary N) is 1. The van der Waals surface area contributed by atoms with Gasteiger partial charge in [-0.2, -0.15) is 13.2 Å². The van der Waals surface area contributed by atoms with Crippen molar-refractivity contribution in [3.05, 3.63) is 35.2 Å². The Morgan fingerprint density at radius 2 is 2.07 bits per heavy atom. The van der Waals surface area contributed by atoms with Gasteiger partial charge in [-0.15, -0.1) is 11.3 Å². The molecule has 3 heterocycles. The average Bonchev–Trinajstić information content (AvgIpc) is 3.23. The lowest BCUT2D eigenvalue weighted by molar-refractivity contribution is -0.145. The third kappa shape index (κ3) is 5.80. The van der Waals surface area contributed by atoms with Crippen LogP contribution in [0.15, 0.2) is 28.2 Å². The second-order valence-electron chi connectivity index (χ2n) is 6.38. The zero-order chi connectivity index (χ0) is 20.1. The molecule has 2 amide bonds. The van der Waals surface area contributed by atoms with E-state index in [1.54, 1.807) is 16.3 Å². The minimum absolute atomic E-state index is 0.0341. The first-order valence-corrected chi connectivity index (χ1v) is 9.54. The van der Waals surface area contributed by atoms with Gasteiger partial charge in [0.2, 0.25) is 5.91 Å². The number of furan rings is 1. The SMILES string of the molecule is O=C(Nc1nc(CC(=O)N2CCCN(CC(F)(F)F)CC2)cs1)c1ccco1. The van der Waals surface area contributed by atoms with E-state index in [4.69, 9.17) is 4.42 Å². The van der Waals surface area contributed by atoms with Gasteiger partial charge in [0.25, 0.3) is 5.91 Å². The topological polar surface area (TPSA) is 78.7 Å². The van der Waals surface area contributed by atoms with Crippen molar-refractivity contribution >= 4 is 28.3 Å². The minimum atomic E-state index is -4.24. The molecule has 28 heavy (non-hydrogen) atoms. The van der Waals surface area contributed by atoms with E-state index in [1.807, 2.05) is 0 Å². The van der Waals surface area contributed by atoms with Crippen molar-refractivity contribution < 1.29 is 27.2 Å². The summed E-state index contributed by atoms with van der Waals surface area (Å²) in [5.74, 6) is -0.474. The number of hydrogen-bond donors (Lipinski definition) is 1. The van der Waals surface area contributed by atoms with Crippen LogP contribution in [0.1, 0.15) is 22.7 Å². The van der Waals surface area contributed by atoms with Crippen molar-refractivity contribution in [1.82, 2.24) is 14.8 Å². The highest BCUT2D eigenvalue weighted by molar-refractivity contribution is 7.14. The maximum atomic E-state index is 12.5. The van der Waals surface area contributed by atoms with E-state index in [0.717, 1.165) is 0 Å². The Morgan fingerprint density at radius 1 is 1.25 bits per heavy atom. The molecule has 7 nitrogen and oxygen atoms in total. The normalized spacial score (nSPS) is 16.0. The lowest BCUT2D eigenvalue weighted by Gasteiger charge is -2.22. The summed E-state index contributed by atoms with van der Waals surface area (Å²) < 4.78 is 42.6. The molecule has 1 aliphatic rings. The predicted octanol–water partition coefficient (Wildman–Crippen LogP) is 2.63.